The molecule has 0 saturated heterocycles. The van der Waals surface area contributed by atoms with Crippen LogP contribution in [-0.2, 0) is 4.79 Å². The van der Waals surface area contributed by atoms with E-state index in [1.165, 1.54) is 0 Å². The van der Waals surface area contributed by atoms with Crippen LogP contribution in [0.4, 0.5) is 0 Å². The Labute approximate surface area is 115 Å². The van der Waals surface area contributed by atoms with Gasteiger partial charge < -0.3 is 4.42 Å². The smallest absolute Gasteiger partial charge is 0.243 e. The quantitative estimate of drug-likeness (QED) is 0.860. The van der Waals surface area contributed by atoms with Crippen molar-refractivity contribution in [2.45, 2.75) is 25.8 Å². The zero-order valence-corrected chi connectivity index (χ0v) is 11.4. The SMILES string of the molecule is CCC(=O)N1N=C(c2ccsc2)CC1c1ccco1. The van der Waals surface area contributed by atoms with Crippen LogP contribution >= 0.6 is 11.3 Å². The first-order chi connectivity index (χ1) is 9.29. The van der Waals surface area contributed by atoms with Gasteiger partial charge in [-0.25, -0.2) is 5.01 Å². The second-order valence-electron chi connectivity index (χ2n) is 4.39. The van der Waals surface area contributed by atoms with Gasteiger partial charge in [-0.15, -0.1) is 0 Å². The van der Waals surface area contributed by atoms with Gasteiger partial charge in [-0.2, -0.15) is 16.4 Å². The average Bonchev–Trinajstić information content (AvgIpc) is 3.14. The van der Waals surface area contributed by atoms with Crippen molar-refractivity contribution < 1.29 is 9.21 Å². The predicted octanol–water partition coefficient (Wildman–Crippen LogP) is 3.43. The second kappa shape index (κ2) is 5.01. The molecule has 3 rings (SSSR count). The molecule has 2 aromatic heterocycles. The molecule has 98 valence electrons. The molecule has 1 atom stereocenters. The van der Waals surface area contributed by atoms with Crippen molar-refractivity contribution in [1.82, 2.24) is 5.01 Å². The fourth-order valence-corrected chi connectivity index (χ4v) is 2.87. The van der Waals surface area contributed by atoms with Gasteiger partial charge in [0.2, 0.25) is 5.91 Å². The standard InChI is InChI=1S/C14H14N2O2S/c1-2-14(17)16-12(13-4-3-6-18-13)8-11(15-16)10-5-7-19-9-10/h3-7,9,12H,2,8H2,1H3. The number of thiophene rings is 1. The van der Waals surface area contributed by atoms with E-state index in [9.17, 15) is 4.79 Å². The fourth-order valence-electron chi connectivity index (χ4n) is 2.21. The van der Waals surface area contributed by atoms with Crippen molar-refractivity contribution in [2.75, 3.05) is 0 Å². The normalized spacial score (nSPS) is 18.7. The Balaban J connectivity index is 1.93. The molecule has 5 heteroatoms. The van der Waals surface area contributed by atoms with Crippen LogP contribution in [0.25, 0.3) is 0 Å². The number of carbonyl (C=O) groups is 1. The summed E-state index contributed by atoms with van der Waals surface area (Å²) < 4.78 is 5.44. The van der Waals surface area contributed by atoms with Crippen molar-refractivity contribution in [3.05, 3.63) is 46.5 Å². The highest BCUT2D eigenvalue weighted by Gasteiger charge is 2.34. The lowest BCUT2D eigenvalue weighted by Gasteiger charge is -2.18. The van der Waals surface area contributed by atoms with Crippen LogP contribution in [0.3, 0.4) is 0 Å². The number of furan rings is 1. The summed E-state index contributed by atoms with van der Waals surface area (Å²) in [7, 11) is 0. The molecule has 1 amide bonds. The summed E-state index contributed by atoms with van der Waals surface area (Å²) in [5.41, 5.74) is 2.04. The molecule has 0 N–H and O–H groups in total. The molecule has 19 heavy (non-hydrogen) atoms. The highest BCUT2D eigenvalue weighted by atomic mass is 32.1. The summed E-state index contributed by atoms with van der Waals surface area (Å²) in [6, 6.07) is 5.65. The van der Waals surface area contributed by atoms with Gasteiger partial charge in [0.05, 0.1) is 12.0 Å². The number of hydrogen-bond acceptors (Lipinski definition) is 4. The van der Waals surface area contributed by atoms with Crippen LogP contribution in [-0.4, -0.2) is 16.6 Å². The second-order valence-corrected chi connectivity index (χ2v) is 5.17. The predicted molar refractivity (Wildman–Crippen MR) is 74.1 cm³/mol. The maximum atomic E-state index is 12.0. The summed E-state index contributed by atoms with van der Waals surface area (Å²) in [5.74, 6) is 0.808. The molecular formula is C14H14N2O2S. The van der Waals surface area contributed by atoms with E-state index in [1.807, 2.05) is 30.5 Å². The minimum Gasteiger partial charge on any atom is -0.467 e. The van der Waals surface area contributed by atoms with E-state index in [1.54, 1.807) is 22.6 Å². The number of nitrogens with zero attached hydrogens (tertiary/aromatic N) is 2. The summed E-state index contributed by atoms with van der Waals surface area (Å²) in [6.45, 7) is 1.85. The number of amides is 1. The molecule has 0 bridgehead atoms. The molecule has 0 aliphatic carbocycles. The lowest BCUT2D eigenvalue weighted by Crippen LogP contribution is -2.25. The molecule has 4 nitrogen and oxygen atoms in total. The molecule has 0 aromatic carbocycles. The lowest BCUT2D eigenvalue weighted by atomic mass is 10.0. The Kier molecular flexibility index (Phi) is 3.21. The average molecular weight is 274 g/mol. The fraction of sp³-hybridized carbons (Fsp3) is 0.286. The van der Waals surface area contributed by atoms with Gasteiger partial charge in [-0.05, 0) is 29.0 Å². The Morgan fingerprint density at radius 2 is 2.47 bits per heavy atom. The summed E-state index contributed by atoms with van der Waals surface area (Å²) in [6.07, 6.45) is 2.78. The topological polar surface area (TPSA) is 45.8 Å². The first kappa shape index (κ1) is 12.2. The van der Waals surface area contributed by atoms with Crippen molar-refractivity contribution in [3.8, 4) is 0 Å². The van der Waals surface area contributed by atoms with E-state index in [4.69, 9.17) is 4.42 Å². The Hall–Kier alpha value is -1.88. The molecule has 1 unspecified atom stereocenters. The molecule has 0 saturated carbocycles. The number of rotatable bonds is 3. The van der Waals surface area contributed by atoms with E-state index in [0.29, 0.717) is 12.8 Å². The molecule has 2 aromatic rings. The maximum Gasteiger partial charge on any atom is 0.243 e. The summed E-state index contributed by atoms with van der Waals surface area (Å²) in [5, 5.41) is 10.1. The van der Waals surface area contributed by atoms with Crippen molar-refractivity contribution in [3.63, 3.8) is 0 Å². The van der Waals surface area contributed by atoms with Gasteiger partial charge in [-0.3, -0.25) is 4.79 Å². The zero-order chi connectivity index (χ0) is 13.2. The highest BCUT2D eigenvalue weighted by molar-refractivity contribution is 7.08. The zero-order valence-electron chi connectivity index (χ0n) is 10.6. The van der Waals surface area contributed by atoms with E-state index in [2.05, 4.69) is 10.5 Å². The number of hydrogen-bond donors (Lipinski definition) is 0. The Morgan fingerprint density at radius 3 is 3.11 bits per heavy atom. The number of carbonyl (C=O) groups excluding carboxylic acids is 1. The van der Waals surface area contributed by atoms with Crippen LogP contribution < -0.4 is 0 Å². The van der Waals surface area contributed by atoms with E-state index in [-0.39, 0.29) is 11.9 Å². The Bertz CT molecular complexity index is 587. The first-order valence-electron chi connectivity index (χ1n) is 6.25. The lowest BCUT2D eigenvalue weighted by molar-refractivity contribution is -0.133. The van der Waals surface area contributed by atoms with Crippen LogP contribution in [0.2, 0.25) is 0 Å². The van der Waals surface area contributed by atoms with Crippen LogP contribution in [0.1, 0.15) is 37.1 Å². The van der Waals surface area contributed by atoms with Gasteiger partial charge in [0.15, 0.2) is 0 Å². The third-order valence-electron chi connectivity index (χ3n) is 3.19. The molecule has 0 fully saturated rings. The van der Waals surface area contributed by atoms with Crippen LogP contribution in [0, 0.1) is 0 Å². The molecular weight excluding hydrogens is 260 g/mol. The molecule has 0 radical (unpaired) electrons. The molecule has 1 aliphatic rings. The minimum atomic E-state index is -0.114. The molecule has 0 spiro atoms. The van der Waals surface area contributed by atoms with Crippen LogP contribution in [0.15, 0.2) is 44.7 Å². The third kappa shape index (κ3) is 2.21. The Morgan fingerprint density at radius 1 is 1.58 bits per heavy atom. The van der Waals surface area contributed by atoms with Gasteiger partial charge in [-0.1, -0.05) is 6.92 Å². The summed E-state index contributed by atoms with van der Waals surface area (Å²) >= 11 is 1.63. The summed E-state index contributed by atoms with van der Waals surface area (Å²) in [4.78, 5) is 12.0. The van der Waals surface area contributed by atoms with Gasteiger partial charge in [0.1, 0.15) is 11.8 Å². The van der Waals surface area contributed by atoms with Crippen molar-refractivity contribution >= 4 is 23.0 Å². The number of hydrazone groups is 1. The van der Waals surface area contributed by atoms with Gasteiger partial charge in [0, 0.05) is 18.4 Å². The first-order valence-corrected chi connectivity index (χ1v) is 7.19. The largest absolute Gasteiger partial charge is 0.467 e. The molecule has 3 heterocycles. The highest BCUT2D eigenvalue weighted by Crippen LogP contribution is 2.33. The maximum absolute atomic E-state index is 12.0. The van der Waals surface area contributed by atoms with Crippen molar-refractivity contribution in [1.29, 1.82) is 0 Å². The minimum absolute atomic E-state index is 0.0200. The third-order valence-corrected chi connectivity index (χ3v) is 3.88. The van der Waals surface area contributed by atoms with E-state index < -0.39 is 0 Å². The van der Waals surface area contributed by atoms with Crippen molar-refractivity contribution in [2.24, 2.45) is 5.10 Å². The van der Waals surface area contributed by atoms with Crippen LogP contribution in [0.5, 0.6) is 0 Å². The molecule has 1 aliphatic heterocycles. The van der Waals surface area contributed by atoms with Gasteiger partial charge in [0.25, 0.3) is 0 Å². The monoisotopic (exact) mass is 274 g/mol. The van der Waals surface area contributed by atoms with Gasteiger partial charge >= 0.3 is 0 Å². The van der Waals surface area contributed by atoms with E-state index >= 15 is 0 Å². The van der Waals surface area contributed by atoms with E-state index in [0.717, 1.165) is 17.0 Å².